The molecule has 1 atom stereocenters. The van der Waals surface area contributed by atoms with Gasteiger partial charge in [-0.25, -0.2) is 0 Å². The molecule has 0 spiro atoms. The molecule has 0 aliphatic rings. The number of aliphatic hydroxyl groups excluding tert-OH is 1. The quantitative estimate of drug-likeness (QED) is 0.703. The second kappa shape index (κ2) is 8.74. The number of nitrogens with two attached hydrogens (primary N) is 1. The summed E-state index contributed by atoms with van der Waals surface area (Å²) in [6.07, 6.45) is 0. The van der Waals surface area contributed by atoms with E-state index >= 15 is 0 Å². The highest BCUT2D eigenvalue weighted by molar-refractivity contribution is 5.85. The number of benzene rings is 1. The molecule has 1 rings (SSSR count). The highest BCUT2D eigenvalue weighted by atomic mass is 35.5. The summed E-state index contributed by atoms with van der Waals surface area (Å²) in [5.41, 5.74) is 6.39. The number of halogens is 1. The van der Waals surface area contributed by atoms with Crippen LogP contribution in [0.4, 0.5) is 0 Å². The van der Waals surface area contributed by atoms with Crippen LogP contribution in [0.1, 0.15) is 12.5 Å². The Morgan fingerprint density at radius 3 is 2.56 bits per heavy atom. The van der Waals surface area contributed by atoms with Gasteiger partial charge in [0.15, 0.2) is 0 Å². The Bertz CT molecular complexity index is 355. The van der Waals surface area contributed by atoms with Crippen LogP contribution in [0.15, 0.2) is 24.3 Å². The van der Waals surface area contributed by atoms with Crippen LogP contribution in [0.3, 0.4) is 0 Å². The Morgan fingerprint density at radius 2 is 2.06 bits per heavy atom. The van der Waals surface area contributed by atoms with E-state index in [1.807, 2.05) is 12.1 Å². The maximum atomic E-state index is 11.2. The minimum absolute atomic E-state index is 0. The Hall–Kier alpha value is -1.30. The maximum Gasteiger partial charge on any atom is 0.236 e. The maximum absolute atomic E-state index is 11.2. The molecule has 1 aromatic carbocycles. The van der Waals surface area contributed by atoms with Crippen molar-refractivity contribution in [1.82, 2.24) is 5.32 Å². The number of nitrogens with one attached hydrogen (secondary N) is 1. The standard InChI is InChI=1S/C12H18N2O3.ClH/c1-9(13)12(16)14-8-10-2-4-11(5-3-10)17-7-6-15;/h2-5,9,15H,6-8,13H2,1H3,(H,14,16);1H/t9-;/m1./s1. The molecule has 0 heterocycles. The Morgan fingerprint density at radius 1 is 1.44 bits per heavy atom. The lowest BCUT2D eigenvalue weighted by Gasteiger charge is -2.08. The van der Waals surface area contributed by atoms with Crippen LogP contribution < -0.4 is 15.8 Å². The number of rotatable bonds is 6. The van der Waals surface area contributed by atoms with Gasteiger partial charge >= 0.3 is 0 Å². The number of ether oxygens (including phenoxy) is 1. The van der Waals surface area contributed by atoms with E-state index in [2.05, 4.69) is 5.32 Å². The van der Waals surface area contributed by atoms with Crippen LogP contribution in [0.5, 0.6) is 5.75 Å². The molecule has 0 bridgehead atoms. The van der Waals surface area contributed by atoms with Gasteiger partial charge in [0.05, 0.1) is 12.6 Å². The number of carbonyl (C=O) groups is 1. The van der Waals surface area contributed by atoms with Crippen LogP contribution in [0.25, 0.3) is 0 Å². The van der Waals surface area contributed by atoms with Gasteiger partial charge in [-0.1, -0.05) is 12.1 Å². The van der Waals surface area contributed by atoms with E-state index in [0.717, 1.165) is 5.56 Å². The lowest BCUT2D eigenvalue weighted by atomic mass is 10.2. The van der Waals surface area contributed by atoms with Crippen LogP contribution >= 0.6 is 12.4 Å². The predicted molar refractivity (Wildman–Crippen MR) is 71.8 cm³/mol. The van der Waals surface area contributed by atoms with Crippen molar-refractivity contribution in [3.8, 4) is 5.75 Å². The second-order valence-electron chi connectivity index (χ2n) is 3.72. The monoisotopic (exact) mass is 274 g/mol. The molecule has 6 heteroatoms. The molecule has 5 nitrogen and oxygen atoms in total. The first-order valence-electron chi connectivity index (χ1n) is 5.49. The average molecular weight is 275 g/mol. The summed E-state index contributed by atoms with van der Waals surface area (Å²) >= 11 is 0. The molecule has 0 saturated carbocycles. The van der Waals surface area contributed by atoms with E-state index in [0.29, 0.717) is 12.3 Å². The van der Waals surface area contributed by atoms with Crippen LogP contribution in [0.2, 0.25) is 0 Å². The fourth-order valence-electron chi connectivity index (χ4n) is 1.22. The first kappa shape index (κ1) is 16.7. The molecule has 0 fully saturated rings. The zero-order valence-corrected chi connectivity index (χ0v) is 11.1. The first-order chi connectivity index (χ1) is 8.13. The third-order valence-corrected chi connectivity index (χ3v) is 2.16. The van der Waals surface area contributed by atoms with Crippen molar-refractivity contribution in [2.45, 2.75) is 19.5 Å². The van der Waals surface area contributed by atoms with Crippen molar-refractivity contribution >= 4 is 18.3 Å². The number of amides is 1. The average Bonchev–Trinajstić information content (AvgIpc) is 2.34. The van der Waals surface area contributed by atoms with Gasteiger partial charge in [-0.3, -0.25) is 4.79 Å². The number of hydrogen-bond acceptors (Lipinski definition) is 4. The molecule has 4 N–H and O–H groups in total. The van der Waals surface area contributed by atoms with E-state index in [-0.39, 0.29) is 31.5 Å². The Labute approximate surface area is 113 Å². The Kier molecular flexibility index (Phi) is 8.11. The lowest BCUT2D eigenvalue weighted by Crippen LogP contribution is -2.37. The first-order valence-corrected chi connectivity index (χ1v) is 5.49. The molecular weight excluding hydrogens is 256 g/mol. The van der Waals surface area contributed by atoms with Gasteiger partial charge < -0.3 is 20.9 Å². The number of hydrogen-bond donors (Lipinski definition) is 3. The summed E-state index contributed by atoms with van der Waals surface area (Å²) in [6, 6.07) is 6.80. The third kappa shape index (κ3) is 5.86. The fourth-order valence-corrected chi connectivity index (χ4v) is 1.22. The summed E-state index contributed by atoms with van der Waals surface area (Å²) in [7, 11) is 0. The zero-order chi connectivity index (χ0) is 12.7. The van der Waals surface area contributed by atoms with Crippen molar-refractivity contribution in [3.05, 3.63) is 29.8 Å². The molecule has 102 valence electrons. The zero-order valence-electron chi connectivity index (χ0n) is 10.3. The van der Waals surface area contributed by atoms with E-state index in [4.69, 9.17) is 15.6 Å². The van der Waals surface area contributed by atoms with Gasteiger partial charge in [-0.15, -0.1) is 12.4 Å². The molecule has 0 radical (unpaired) electrons. The fraction of sp³-hybridized carbons (Fsp3) is 0.417. The van der Waals surface area contributed by atoms with E-state index in [1.165, 1.54) is 0 Å². The third-order valence-electron chi connectivity index (χ3n) is 2.16. The van der Waals surface area contributed by atoms with Crippen LogP contribution in [-0.2, 0) is 11.3 Å². The molecule has 1 aromatic rings. The van der Waals surface area contributed by atoms with E-state index < -0.39 is 6.04 Å². The van der Waals surface area contributed by atoms with Gasteiger partial charge in [0.1, 0.15) is 12.4 Å². The normalized spacial score (nSPS) is 11.3. The van der Waals surface area contributed by atoms with Gasteiger partial charge in [-0.2, -0.15) is 0 Å². The summed E-state index contributed by atoms with van der Waals surface area (Å²) in [4.78, 5) is 11.2. The van der Waals surface area contributed by atoms with E-state index in [1.54, 1.807) is 19.1 Å². The highest BCUT2D eigenvalue weighted by Gasteiger charge is 2.05. The van der Waals surface area contributed by atoms with Gasteiger partial charge in [0, 0.05) is 6.54 Å². The van der Waals surface area contributed by atoms with Crippen LogP contribution in [-0.4, -0.2) is 30.3 Å². The largest absolute Gasteiger partial charge is 0.491 e. The molecule has 0 aliphatic heterocycles. The Balaban J connectivity index is 0.00000289. The lowest BCUT2D eigenvalue weighted by molar-refractivity contribution is -0.122. The second-order valence-corrected chi connectivity index (χ2v) is 3.72. The van der Waals surface area contributed by atoms with Gasteiger partial charge in [0.25, 0.3) is 0 Å². The number of carbonyl (C=O) groups excluding carboxylic acids is 1. The molecular formula is C12H19ClN2O3. The molecule has 18 heavy (non-hydrogen) atoms. The molecule has 1 amide bonds. The predicted octanol–water partition coefficient (Wildman–Crippen LogP) is 0.443. The number of aliphatic hydroxyl groups is 1. The highest BCUT2D eigenvalue weighted by Crippen LogP contribution is 2.11. The topological polar surface area (TPSA) is 84.6 Å². The molecule has 0 unspecified atom stereocenters. The van der Waals surface area contributed by atoms with Crippen molar-refractivity contribution in [2.75, 3.05) is 13.2 Å². The van der Waals surface area contributed by atoms with Crippen molar-refractivity contribution in [3.63, 3.8) is 0 Å². The smallest absolute Gasteiger partial charge is 0.236 e. The molecule has 0 saturated heterocycles. The van der Waals surface area contributed by atoms with Gasteiger partial charge in [0.2, 0.25) is 5.91 Å². The van der Waals surface area contributed by atoms with Crippen molar-refractivity contribution in [2.24, 2.45) is 5.73 Å². The molecule has 0 aliphatic carbocycles. The summed E-state index contributed by atoms with van der Waals surface area (Å²) < 4.78 is 5.22. The van der Waals surface area contributed by atoms with Crippen LogP contribution in [0, 0.1) is 0 Å². The summed E-state index contributed by atoms with van der Waals surface area (Å²) in [6.45, 7) is 2.36. The minimum atomic E-state index is -0.498. The van der Waals surface area contributed by atoms with Gasteiger partial charge in [-0.05, 0) is 24.6 Å². The van der Waals surface area contributed by atoms with Crippen molar-refractivity contribution in [1.29, 1.82) is 0 Å². The summed E-state index contributed by atoms with van der Waals surface area (Å²) in [5.74, 6) is 0.520. The van der Waals surface area contributed by atoms with Crippen molar-refractivity contribution < 1.29 is 14.6 Å². The summed E-state index contributed by atoms with van der Waals surface area (Å²) in [5, 5.41) is 11.3. The SMILES string of the molecule is C[C@@H](N)C(=O)NCc1ccc(OCCO)cc1.Cl. The molecule has 0 aromatic heterocycles. The van der Waals surface area contributed by atoms with E-state index in [9.17, 15) is 4.79 Å². The minimum Gasteiger partial charge on any atom is -0.491 e.